The van der Waals surface area contributed by atoms with Crippen molar-refractivity contribution in [3.8, 4) is 0 Å². The van der Waals surface area contributed by atoms with Gasteiger partial charge in [0, 0.05) is 25.9 Å². The van der Waals surface area contributed by atoms with Crippen LogP contribution < -0.4 is 11.1 Å². The van der Waals surface area contributed by atoms with E-state index in [1.165, 1.54) is 38.5 Å². The van der Waals surface area contributed by atoms with Crippen LogP contribution in [-0.4, -0.2) is 41.8 Å². The summed E-state index contributed by atoms with van der Waals surface area (Å²) < 4.78 is 0. The molecule has 0 saturated heterocycles. The Bertz CT molecular complexity index is 475. The predicted molar refractivity (Wildman–Crippen MR) is 129 cm³/mol. The molecule has 0 aromatic heterocycles. The van der Waals surface area contributed by atoms with Crippen molar-refractivity contribution in [2.24, 2.45) is 5.73 Å². The van der Waals surface area contributed by atoms with Gasteiger partial charge in [-0.15, -0.1) is 0 Å². The van der Waals surface area contributed by atoms with Crippen molar-refractivity contribution in [2.75, 3.05) is 13.1 Å². The van der Waals surface area contributed by atoms with Gasteiger partial charge in [0.15, 0.2) is 0 Å². The molecule has 0 aromatic carbocycles. The number of carbonyl (C=O) groups is 3. The van der Waals surface area contributed by atoms with E-state index >= 15 is 0 Å². The van der Waals surface area contributed by atoms with Gasteiger partial charge >= 0.3 is 0 Å². The van der Waals surface area contributed by atoms with Gasteiger partial charge < -0.3 is 16.0 Å². The second-order valence-electron chi connectivity index (χ2n) is 8.74. The minimum atomic E-state index is -0.660. The van der Waals surface area contributed by atoms with Crippen LogP contribution in [0.5, 0.6) is 0 Å². The SMILES string of the molecule is CCCCCCCCCCCC(=O)N[C@@H](CCC(N)=O)C(=O)N(CCCC)CCCC. The summed E-state index contributed by atoms with van der Waals surface area (Å²) in [7, 11) is 0. The zero-order chi connectivity index (χ0) is 23.3. The van der Waals surface area contributed by atoms with Crippen LogP contribution in [0.1, 0.15) is 124 Å². The van der Waals surface area contributed by atoms with Crippen LogP contribution in [0.2, 0.25) is 0 Å². The van der Waals surface area contributed by atoms with Crippen molar-refractivity contribution in [1.82, 2.24) is 10.2 Å². The molecule has 0 aliphatic carbocycles. The number of hydrogen-bond donors (Lipinski definition) is 2. The van der Waals surface area contributed by atoms with Gasteiger partial charge in [-0.1, -0.05) is 85.0 Å². The molecule has 0 heterocycles. The second-order valence-corrected chi connectivity index (χ2v) is 8.74. The molecule has 0 aliphatic heterocycles. The Labute approximate surface area is 191 Å². The van der Waals surface area contributed by atoms with Crippen LogP contribution in [-0.2, 0) is 14.4 Å². The Kier molecular flexibility index (Phi) is 19.3. The third kappa shape index (κ3) is 16.7. The summed E-state index contributed by atoms with van der Waals surface area (Å²) in [5.74, 6) is -0.625. The van der Waals surface area contributed by atoms with Crippen molar-refractivity contribution in [3.05, 3.63) is 0 Å². The molecule has 1 atom stereocenters. The van der Waals surface area contributed by atoms with Crippen LogP contribution in [0.3, 0.4) is 0 Å². The van der Waals surface area contributed by atoms with Gasteiger partial charge in [-0.05, 0) is 25.7 Å². The van der Waals surface area contributed by atoms with Crippen molar-refractivity contribution < 1.29 is 14.4 Å². The van der Waals surface area contributed by atoms with Crippen LogP contribution >= 0.6 is 0 Å². The zero-order valence-corrected chi connectivity index (χ0v) is 20.6. The fourth-order valence-corrected chi connectivity index (χ4v) is 3.66. The molecule has 0 aromatic rings. The second kappa shape index (κ2) is 20.3. The van der Waals surface area contributed by atoms with Gasteiger partial charge in [-0.3, -0.25) is 14.4 Å². The van der Waals surface area contributed by atoms with E-state index in [9.17, 15) is 14.4 Å². The molecule has 31 heavy (non-hydrogen) atoms. The van der Waals surface area contributed by atoms with E-state index in [4.69, 9.17) is 5.73 Å². The first-order valence-electron chi connectivity index (χ1n) is 12.8. The maximum absolute atomic E-state index is 13.1. The molecule has 0 saturated carbocycles. The fourth-order valence-electron chi connectivity index (χ4n) is 3.66. The van der Waals surface area contributed by atoms with E-state index < -0.39 is 11.9 Å². The molecular formula is C25H49N3O3. The molecule has 0 spiro atoms. The number of nitrogens with two attached hydrogens (primary N) is 1. The summed E-state index contributed by atoms with van der Waals surface area (Å²) in [5, 5.41) is 2.89. The van der Waals surface area contributed by atoms with Gasteiger partial charge in [0.05, 0.1) is 0 Å². The number of hydrogen-bond acceptors (Lipinski definition) is 3. The summed E-state index contributed by atoms with van der Waals surface area (Å²) in [6.07, 6.45) is 15.5. The van der Waals surface area contributed by atoms with Gasteiger partial charge in [-0.2, -0.15) is 0 Å². The highest BCUT2D eigenvalue weighted by Crippen LogP contribution is 2.11. The van der Waals surface area contributed by atoms with E-state index in [2.05, 4.69) is 26.1 Å². The molecule has 0 rings (SSSR count). The summed E-state index contributed by atoms with van der Waals surface area (Å²) in [4.78, 5) is 38.7. The fraction of sp³-hybridized carbons (Fsp3) is 0.880. The number of unbranched alkanes of at least 4 members (excludes halogenated alkanes) is 10. The maximum atomic E-state index is 13.1. The Balaban J connectivity index is 4.50. The third-order valence-electron chi connectivity index (χ3n) is 5.69. The summed E-state index contributed by atoms with van der Waals surface area (Å²) in [6.45, 7) is 7.80. The van der Waals surface area contributed by atoms with Crippen molar-refractivity contribution in [2.45, 2.75) is 130 Å². The lowest BCUT2D eigenvalue weighted by molar-refractivity contribution is -0.137. The molecule has 3 amide bonds. The highest BCUT2D eigenvalue weighted by Gasteiger charge is 2.25. The Morgan fingerprint density at radius 1 is 0.710 bits per heavy atom. The van der Waals surface area contributed by atoms with Gasteiger partial charge in [0.2, 0.25) is 17.7 Å². The highest BCUT2D eigenvalue weighted by molar-refractivity contribution is 5.88. The van der Waals surface area contributed by atoms with E-state index in [0.29, 0.717) is 19.5 Å². The lowest BCUT2D eigenvalue weighted by Gasteiger charge is -2.28. The number of amides is 3. The number of primary amides is 1. The molecule has 0 aliphatic rings. The van der Waals surface area contributed by atoms with Crippen LogP contribution in [0.15, 0.2) is 0 Å². The smallest absolute Gasteiger partial charge is 0.245 e. The first kappa shape index (κ1) is 29.4. The predicted octanol–water partition coefficient (Wildman–Crippen LogP) is 5.09. The quantitative estimate of drug-likeness (QED) is 0.244. The Morgan fingerprint density at radius 3 is 1.68 bits per heavy atom. The molecule has 6 nitrogen and oxygen atoms in total. The van der Waals surface area contributed by atoms with Crippen LogP contribution in [0.4, 0.5) is 0 Å². The number of nitrogens with one attached hydrogen (secondary N) is 1. The average molecular weight is 440 g/mol. The largest absolute Gasteiger partial charge is 0.370 e. The first-order chi connectivity index (χ1) is 15.0. The molecule has 6 heteroatoms. The first-order valence-corrected chi connectivity index (χ1v) is 12.8. The van der Waals surface area contributed by atoms with Crippen molar-refractivity contribution >= 4 is 17.7 Å². The molecule has 0 bridgehead atoms. The van der Waals surface area contributed by atoms with Gasteiger partial charge in [0.1, 0.15) is 6.04 Å². The lowest BCUT2D eigenvalue weighted by Crippen LogP contribution is -2.49. The van der Waals surface area contributed by atoms with Crippen LogP contribution in [0, 0.1) is 0 Å². The highest BCUT2D eigenvalue weighted by atomic mass is 16.2. The molecular weight excluding hydrogens is 390 g/mol. The van der Waals surface area contributed by atoms with E-state index in [-0.39, 0.29) is 24.7 Å². The van der Waals surface area contributed by atoms with Crippen LogP contribution in [0.25, 0.3) is 0 Å². The molecule has 0 radical (unpaired) electrons. The number of nitrogens with zero attached hydrogens (tertiary/aromatic N) is 1. The van der Waals surface area contributed by atoms with Gasteiger partial charge in [0.25, 0.3) is 0 Å². The topological polar surface area (TPSA) is 92.5 Å². The summed E-state index contributed by atoms with van der Waals surface area (Å²) in [6, 6.07) is -0.660. The van der Waals surface area contributed by atoms with Gasteiger partial charge in [-0.25, -0.2) is 0 Å². The molecule has 182 valence electrons. The Hall–Kier alpha value is -1.59. The molecule has 3 N–H and O–H groups in total. The van der Waals surface area contributed by atoms with E-state index in [1.807, 2.05) is 4.90 Å². The zero-order valence-electron chi connectivity index (χ0n) is 20.6. The summed E-state index contributed by atoms with van der Waals surface area (Å²) in [5.41, 5.74) is 5.30. The standard InChI is InChI=1S/C25H49N3O3/c1-4-7-10-11-12-13-14-15-16-17-24(30)27-22(18-19-23(26)29)25(31)28(20-8-5-2)21-9-6-3/h22H,4-21H2,1-3H3,(H2,26,29)(H,27,30)/t22-/m0/s1. The van der Waals surface area contributed by atoms with Crippen molar-refractivity contribution in [1.29, 1.82) is 0 Å². The normalized spacial score (nSPS) is 11.8. The molecule has 0 unspecified atom stereocenters. The summed E-state index contributed by atoms with van der Waals surface area (Å²) >= 11 is 0. The van der Waals surface area contributed by atoms with Crippen molar-refractivity contribution in [3.63, 3.8) is 0 Å². The lowest BCUT2D eigenvalue weighted by atomic mass is 10.1. The average Bonchev–Trinajstić information content (AvgIpc) is 2.75. The van der Waals surface area contributed by atoms with E-state index in [0.717, 1.165) is 44.9 Å². The molecule has 0 fully saturated rings. The number of carbonyl (C=O) groups excluding carboxylic acids is 3. The maximum Gasteiger partial charge on any atom is 0.245 e. The third-order valence-corrected chi connectivity index (χ3v) is 5.69. The monoisotopic (exact) mass is 439 g/mol. The Morgan fingerprint density at radius 2 is 1.19 bits per heavy atom. The minimum absolute atomic E-state index is 0.0800. The number of rotatable bonds is 21. The minimum Gasteiger partial charge on any atom is -0.370 e. The van der Waals surface area contributed by atoms with E-state index in [1.54, 1.807) is 0 Å².